The standard InChI is InChI=1S/C29H28N4O4/c1-4-36-28(34)25-26(21-11-6-5-7-12-21)32-29-30-18-31-33(29)27(25)22-13-14-23(24(16-22)35-3)37-17-20-10-8-9-19(2)15-20/h5-16,18,27H,4,17H2,1-3H3,(H,30,31,32)/t27-/m1/s1. The van der Waals surface area contributed by atoms with Crippen molar-refractivity contribution in [3.63, 3.8) is 0 Å². The number of carbonyl (C=O) groups excluding carboxylic acids is 1. The van der Waals surface area contributed by atoms with Gasteiger partial charge in [0.1, 0.15) is 19.0 Å². The molecule has 0 radical (unpaired) electrons. The number of rotatable bonds is 8. The number of methoxy groups -OCH3 is 1. The predicted molar refractivity (Wildman–Crippen MR) is 140 cm³/mol. The van der Waals surface area contributed by atoms with Crippen LogP contribution in [-0.4, -0.2) is 34.5 Å². The van der Waals surface area contributed by atoms with E-state index in [1.165, 1.54) is 11.9 Å². The second-order valence-corrected chi connectivity index (χ2v) is 8.62. The van der Waals surface area contributed by atoms with Crippen molar-refractivity contribution in [3.8, 4) is 11.5 Å². The lowest BCUT2D eigenvalue weighted by Gasteiger charge is -2.30. The fraction of sp³-hybridized carbons (Fsp3) is 0.207. The summed E-state index contributed by atoms with van der Waals surface area (Å²) in [4.78, 5) is 17.7. The first-order chi connectivity index (χ1) is 18.1. The predicted octanol–water partition coefficient (Wildman–Crippen LogP) is 5.16. The number of aromatic nitrogens is 3. The number of carbonyl (C=O) groups is 1. The van der Waals surface area contributed by atoms with E-state index in [-0.39, 0.29) is 6.61 Å². The van der Waals surface area contributed by atoms with Crippen LogP contribution in [0.25, 0.3) is 5.70 Å². The van der Waals surface area contributed by atoms with Gasteiger partial charge in [0.05, 0.1) is 25.0 Å². The van der Waals surface area contributed by atoms with Crippen molar-refractivity contribution >= 4 is 17.6 Å². The number of nitrogens with zero attached hydrogens (tertiary/aromatic N) is 3. The molecular formula is C29H28N4O4. The molecular weight excluding hydrogens is 468 g/mol. The third-order valence-corrected chi connectivity index (χ3v) is 6.14. The van der Waals surface area contributed by atoms with Crippen molar-refractivity contribution in [1.82, 2.24) is 14.8 Å². The van der Waals surface area contributed by atoms with Crippen LogP contribution in [0.15, 0.2) is 84.7 Å². The van der Waals surface area contributed by atoms with Crippen molar-refractivity contribution in [1.29, 1.82) is 0 Å². The highest BCUT2D eigenvalue weighted by Crippen LogP contribution is 2.41. The number of fused-ring (bicyclic) bond motifs is 1. The Morgan fingerprint density at radius 1 is 1.03 bits per heavy atom. The molecule has 1 aliphatic rings. The van der Waals surface area contributed by atoms with Gasteiger partial charge in [0.2, 0.25) is 5.95 Å². The van der Waals surface area contributed by atoms with Crippen molar-refractivity contribution in [2.45, 2.75) is 26.5 Å². The topological polar surface area (TPSA) is 87.5 Å². The summed E-state index contributed by atoms with van der Waals surface area (Å²) in [6.45, 7) is 4.49. The van der Waals surface area contributed by atoms with Gasteiger partial charge < -0.3 is 19.5 Å². The molecule has 37 heavy (non-hydrogen) atoms. The lowest BCUT2D eigenvalue weighted by atomic mass is 9.92. The largest absolute Gasteiger partial charge is 0.493 e. The smallest absolute Gasteiger partial charge is 0.338 e. The Hall–Kier alpha value is -4.59. The van der Waals surface area contributed by atoms with Crippen molar-refractivity contribution in [3.05, 3.63) is 107 Å². The number of esters is 1. The summed E-state index contributed by atoms with van der Waals surface area (Å²) < 4.78 is 19.0. The molecule has 5 rings (SSSR count). The van der Waals surface area contributed by atoms with E-state index in [1.807, 2.05) is 60.7 Å². The van der Waals surface area contributed by atoms with Crippen LogP contribution in [0.1, 0.15) is 35.2 Å². The molecule has 0 aliphatic carbocycles. The fourth-order valence-electron chi connectivity index (χ4n) is 4.47. The normalized spacial score (nSPS) is 14.5. The maximum Gasteiger partial charge on any atom is 0.338 e. The van der Waals surface area contributed by atoms with E-state index in [4.69, 9.17) is 14.2 Å². The zero-order valence-electron chi connectivity index (χ0n) is 21.0. The Labute approximate surface area is 215 Å². The summed E-state index contributed by atoms with van der Waals surface area (Å²) in [5, 5.41) is 7.70. The highest BCUT2D eigenvalue weighted by atomic mass is 16.5. The molecule has 3 aromatic carbocycles. The van der Waals surface area contributed by atoms with E-state index in [0.717, 1.165) is 16.7 Å². The maximum absolute atomic E-state index is 13.4. The molecule has 4 aromatic rings. The van der Waals surface area contributed by atoms with Crippen LogP contribution in [0, 0.1) is 6.92 Å². The molecule has 0 amide bonds. The average molecular weight is 497 g/mol. The number of hydrogen-bond donors (Lipinski definition) is 1. The Morgan fingerprint density at radius 3 is 2.62 bits per heavy atom. The molecule has 1 N–H and O–H groups in total. The van der Waals surface area contributed by atoms with Crippen LogP contribution < -0.4 is 14.8 Å². The van der Waals surface area contributed by atoms with Crippen molar-refractivity contribution < 1.29 is 19.0 Å². The Morgan fingerprint density at radius 2 is 1.86 bits per heavy atom. The van der Waals surface area contributed by atoms with E-state index in [0.29, 0.717) is 35.3 Å². The Balaban J connectivity index is 1.57. The first-order valence-corrected chi connectivity index (χ1v) is 12.1. The van der Waals surface area contributed by atoms with Crippen LogP contribution in [-0.2, 0) is 16.1 Å². The van der Waals surface area contributed by atoms with Crippen LogP contribution in [0.2, 0.25) is 0 Å². The van der Waals surface area contributed by atoms with Crippen LogP contribution in [0.4, 0.5) is 5.95 Å². The summed E-state index contributed by atoms with van der Waals surface area (Å²) in [6.07, 6.45) is 1.46. The van der Waals surface area contributed by atoms with E-state index >= 15 is 0 Å². The van der Waals surface area contributed by atoms with Gasteiger partial charge in [0.25, 0.3) is 0 Å². The van der Waals surface area contributed by atoms with Gasteiger partial charge >= 0.3 is 5.97 Å². The maximum atomic E-state index is 13.4. The van der Waals surface area contributed by atoms with E-state index < -0.39 is 12.0 Å². The molecule has 0 fully saturated rings. The van der Waals surface area contributed by atoms with Gasteiger partial charge in [-0.25, -0.2) is 9.48 Å². The third kappa shape index (κ3) is 4.91. The molecule has 188 valence electrons. The van der Waals surface area contributed by atoms with Gasteiger partial charge in [-0.2, -0.15) is 10.1 Å². The number of nitrogens with one attached hydrogen (secondary N) is 1. The third-order valence-electron chi connectivity index (χ3n) is 6.14. The lowest BCUT2D eigenvalue weighted by Crippen LogP contribution is -2.30. The van der Waals surface area contributed by atoms with Crippen LogP contribution in [0.5, 0.6) is 11.5 Å². The van der Waals surface area contributed by atoms with Gasteiger partial charge in [-0.05, 0) is 42.7 Å². The first-order valence-electron chi connectivity index (χ1n) is 12.1. The molecule has 0 unspecified atom stereocenters. The molecule has 8 nitrogen and oxygen atoms in total. The minimum absolute atomic E-state index is 0.246. The summed E-state index contributed by atoms with van der Waals surface area (Å²) in [5.74, 6) is 1.25. The minimum atomic E-state index is -0.590. The summed E-state index contributed by atoms with van der Waals surface area (Å²) in [5.41, 5.74) is 4.92. The van der Waals surface area contributed by atoms with Gasteiger partial charge in [0.15, 0.2) is 11.5 Å². The molecule has 8 heteroatoms. The number of hydrogen-bond acceptors (Lipinski definition) is 7. The summed E-state index contributed by atoms with van der Waals surface area (Å²) in [6, 6.07) is 22.9. The minimum Gasteiger partial charge on any atom is -0.493 e. The van der Waals surface area contributed by atoms with Gasteiger partial charge in [-0.3, -0.25) is 0 Å². The van der Waals surface area contributed by atoms with E-state index in [1.54, 1.807) is 18.7 Å². The summed E-state index contributed by atoms with van der Waals surface area (Å²) >= 11 is 0. The lowest BCUT2D eigenvalue weighted by molar-refractivity contribution is -0.138. The number of benzene rings is 3. The van der Waals surface area contributed by atoms with Crippen LogP contribution in [0.3, 0.4) is 0 Å². The number of aryl methyl sites for hydroxylation is 1. The van der Waals surface area contributed by atoms with Crippen molar-refractivity contribution in [2.24, 2.45) is 0 Å². The van der Waals surface area contributed by atoms with Gasteiger partial charge in [-0.1, -0.05) is 66.2 Å². The first kappa shape index (κ1) is 24.1. The number of ether oxygens (including phenoxy) is 3. The fourth-order valence-corrected chi connectivity index (χ4v) is 4.47. The summed E-state index contributed by atoms with van der Waals surface area (Å²) in [7, 11) is 1.60. The highest BCUT2D eigenvalue weighted by Gasteiger charge is 2.36. The molecule has 0 spiro atoms. The number of anilines is 1. The molecule has 0 saturated heterocycles. The molecule has 1 aromatic heterocycles. The molecule has 1 aliphatic heterocycles. The average Bonchev–Trinajstić information content (AvgIpc) is 3.40. The van der Waals surface area contributed by atoms with Gasteiger partial charge in [-0.15, -0.1) is 0 Å². The van der Waals surface area contributed by atoms with E-state index in [9.17, 15) is 4.79 Å². The second-order valence-electron chi connectivity index (χ2n) is 8.62. The zero-order valence-corrected chi connectivity index (χ0v) is 21.0. The van der Waals surface area contributed by atoms with Crippen LogP contribution >= 0.6 is 0 Å². The second kappa shape index (κ2) is 10.6. The van der Waals surface area contributed by atoms with E-state index in [2.05, 4.69) is 34.5 Å². The molecule has 1 atom stereocenters. The quantitative estimate of drug-likeness (QED) is 0.337. The zero-order chi connectivity index (χ0) is 25.8. The molecule has 2 heterocycles. The molecule has 0 saturated carbocycles. The Kier molecular flexibility index (Phi) is 6.89. The Bertz CT molecular complexity index is 1450. The monoisotopic (exact) mass is 496 g/mol. The van der Waals surface area contributed by atoms with Gasteiger partial charge in [0, 0.05) is 0 Å². The molecule has 0 bridgehead atoms. The SMILES string of the molecule is CCOC(=O)C1=C(c2ccccc2)Nc2ncnn2[C@@H]1c1ccc(OCc2cccc(C)c2)c(OC)c1. The highest BCUT2D eigenvalue weighted by molar-refractivity contribution is 6.02. The van der Waals surface area contributed by atoms with Crippen molar-refractivity contribution in [2.75, 3.05) is 19.0 Å².